The van der Waals surface area contributed by atoms with Crippen molar-refractivity contribution in [1.29, 1.82) is 0 Å². The normalized spacial score (nSPS) is 16.5. The van der Waals surface area contributed by atoms with Crippen LogP contribution in [0.3, 0.4) is 0 Å². The molecule has 0 bridgehead atoms. The van der Waals surface area contributed by atoms with E-state index < -0.39 is 12.7 Å². The number of aryl methyl sites for hydroxylation is 1. The van der Waals surface area contributed by atoms with Crippen molar-refractivity contribution in [3.05, 3.63) is 86.4 Å². The lowest BCUT2D eigenvalue weighted by Crippen LogP contribution is -2.61. The highest BCUT2D eigenvalue weighted by molar-refractivity contribution is 6.37. The number of carbonyl (C=O) groups excluding carboxylic acids is 2. The van der Waals surface area contributed by atoms with Gasteiger partial charge in [-0.3, -0.25) is 14.5 Å². The Labute approximate surface area is 277 Å². The van der Waals surface area contributed by atoms with Crippen LogP contribution in [0.25, 0.3) is 0 Å². The van der Waals surface area contributed by atoms with Crippen LogP contribution in [0, 0.1) is 6.92 Å². The second kappa shape index (κ2) is 15.5. The van der Waals surface area contributed by atoms with Crippen molar-refractivity contribution in [3.8, 4) is 11.5 Å². The minimum atomic E-state index is -0.718. The first kappa shape index (κ1) is 33.3. The molecule has 1 aliphatic carbocycles. The lowest BCUT2D eigenvalue weighted by molar-refractivity contribution is -0.136. The number of alkyl halides is 1. The van der Waals surface area contributed by atoms with E-state index >= 15 is 0 Å². The number of hydrogen-bond donors (Lipinski definition) is 2. The molecule has 0 unspecified atom stereocenters. The molecule has 5 rings (SSSR count). The summed E-state index contributed by atoms with van der Waals surface area (Å²) < 4.78 is 24.1. The fourth-order valence-corrected chi connectivity index (χ4v) is 6.21. The summed E-state index contributed by atoms with van der Waals surface area (Å²) in [5.74, 6) is 0.671. The van der Waals surface area contributed by atoms with Crippen molar-refractivity contribution >= 4 is 52.3 Å². The molecule has 3 aromatic carbocycles. The number of benzene rings is 3. The van der Waals surface area contributed by atoms with Crippen molar-refractivity contribution in [2.45, 2.75) is 44.9 Å². The lowest BCUT2D eigenvalue weighted by Gasteiger charge is -2.38. The molecule has 0 spiro atoms. The van der Waals surface area contributed by atoms with Crippen LogP contribution < -0.4 is 25.0 Å². The molecule has 1 saturated carbocycles. The highest BCUT2D eigenvalue weighted by Gasteiger charge is 2.41. The van der Waals surface area contributed by atoms with Crippen LogP contribution in [0.5, 0.6) is 11.5 Å². The molecule has 1 aliphatic heterocycles. The van der Waals surface area contributed by atoms with Crippen LogP contribution in [-0.4, -0.2) is 68.3 Å². The molecule has 0 radical (unpaired) electrons. The molecule has 8 nitrogen and oxygen atoms in total. The Morgan fingerprint density at radius 3 is 2.42 bits per heavy atom. The van der Waals surface area contributed by atoms with Gasteiger partial charge in [0.1, 0.15) is 31.7 Å². The maximum atomic E-state index is 14.1. The third kappa shape index (κ3) is 8.60. The number of ether oxygens (including phenoxy) is 2. The van der Waals surface area contributed by atoms with Gasteiger partial charge in [0.15, 0.2) is 5.75 Å². The second-order valence-electron chi connectivity index (χ2n) is 11.1. The van der Waals surface area contributed by atoms with E-state index in [0.29, 0.717) is 51.9 Å². The van der Waals surface area contributed by atoms with Gasteiger partial charge in [0.2, 0.25) is 11.8 Å². The van der Waals surface area contributed by atoms with Crippen molar-refractivity contribution in [1.82, 2.24) is 15.5 Å². The number of amides is 2. The van der Waals surface area contributed by atoms with Gasteiger partial charge in [-0.25, -0.2) is 4.39 Å². The lowest BCUT2D eigenvalue weighted by atomic mass is 10.1. The largest absolute Gasteiger partial charge is 0.490 e. The van der Waals surface area contributed by atoms with Crippen LogP contribution in [0.4, 0.5) is 10.1 Å². The second-order valence-corrected chi connectivity index (χ2v) is 12.4. The van der Waals surface area contributed by atoms with E-state index in [4.69, 9.17) is 44.3 Å². The molecule has 2 N–H and O–H groups in total. The van der Waals surface area contributed by atoms with Crippen LogP contribution in [0.15, 0.2) is 54.6 Å². The zero-order chi connectivity index (χ0) is 31.9. The van der Waals surface area contributed by atoms with Gasteiger partial charge in [0, 0.05) is 42.9 Å². The summed E-state index contributed by atoms with van der Waals surface area (Å²) in [5, 5.41) is 7.58. The average Bonchev–Trinajstić information content (AvgIpc) is 3.86. The zero-order valence-electron chi connectivity index (χ0n) is 25.0. The summed E-state index contributed by atoms with van der Waals surface area (Å²) in [7, 11) is 0. The van der Waals surface area contributed by atoms with Crippen molar-refractivity contribution in [3.63, 3.8) is 0 Å². The van der Waals surface area contributed by atoms with Gasteiger partial charge in [-0.1, -0.05) is 46.9 Å². The number of carbonyl (C=O) groups is 2. The van der Waals surface area contributed by atoms with Crippen LogP contribution in [0.1, 0.15) is 29.5 Å². The summed E-state index contributed by atoms with van der Waals surface area (Å²) in [6, 6.07) is 15.7. The number of rotatable bonds is 14. The van der Waals surface area contributed by atoms with E-state index in [2.05, 4.69) is 10.6 Å². The van der Waals surface area contributed by atoms with Crippen molar-refractivity contribution < 1.29 is 23.5 Å². The third-order valence-corrected chi connectivity index (χ3v) is 8.59. The SMILES string of the molecule is Cc1cc(Cl)c(OCCOc2ccc(N3C(=O)CNC[C@@H]3C(=O)N(Cc3cc(CNCCF)ccc3Cl)C3CC3)cc2)c(Cl)c1. The van der Waals surface area contributed by atoms with E-state index in [1.54, 1.807) is 47.4 Å². The highest BCUT2D eigenvalue weighted by atomic mass is 35.5. The summed E-state index contributed by atoms with van der Waals surface area (Å²) in [5.41, 5.74) is 3.32. The van der Waals surface area contributed by atoms with E-state index in [1.807, 2.05) is 24.0 Å². The zero-order valence-corrected chi connectivity index (χ0v) is 27.2. The number of piperazine rings is 1. The first-order chi connectivity index (χ1) is 21.7. The van der Waals surface area contributed by atoms with Crippen LogP contribution in [-0.2, 0) is 22.7 Å². The minimum absolute atomic E-state index is 0.0865. The fourth-order valence-electron chi connectivity index (χ4n) is 5.33. The maximum Gasteiger partial charge on any atom is 0.247 e. The molecule has 45 heavy (non-hydrogen) atoms. The molecule has 12 heteroatoms. The smallest absolute Gasteiger partial charge is 0.247 e. The Morgan fingerprint density at radius 1 is 1.02 bits per heavy atom. The quantitative estimate of drug-likeness (QED) is 0.205. The molecular weight excluding hydrogens is 642 g/mol. The number of nitrogens with zero attached hydrogens (tertiary/aromatic N) is 2. The minimum Gasteiger partial charge on any atom is -0.490 e. The number of anilines is 1. The van der Waals surface area contributed by atoms with Crippen molar-refractivity contribution in [2.75, 3.05) is 44.4 Å². The molecule has 3 aromatic rings. The molecule has 2 amide bonds. The van der Waals surface area contributed by atoms with E-state index in [1.165, 1.54) is 0 Å². The first-order valence-corrected chi connectivity index (χ1v) is 16.1. The third-order valence-electron chi connectivity index (χ3n) is 7.66. The number of halogens is 4. The Bertz CT molecular complexity index is 1480. The van der Waals surface area contributed by atoms with E-state index in [0.717, 1.165) is 29.5 Å². The molecule has 1 saturated heterocycles. The first-order valence-electron chi connectivity index (χ1n) is 14.9. The summed E-state index contributed by atoms with van der Waals surface area (Å²) in [6.45, 7) is 3.49. The summed E-state index contributed by atoms with van der Waals surface area (Å²) >= 11 is 19.0. The Morgan fingerprint density at radius 2 is 1.73 bits per heavy atom. The van der Waals surface area contributed by atoms with Gasteiger partial charge in [0.05, 0.1) is 16.6 Å². The molecule has 0 aromatic heterocycles. The van der Waals surface area contributed by atoms with Gasteiger partial charge in [-0.15, -0.1) is 0 Å². The standard InChI is InChI=1S/C33H36Cl3FN4O4/c1-21-14-28(35)32(29(36)15-21)45-13-12-44-26-7-5-25(6-8-26)41-30(18-39-19-31(41)42)33(43)40(24-3-4-24)20-23-16-22(2-9-27(23)34)17-38-11-10-37/h2,5-9,14-16,24,30,38-39H,3-4,10-13,17-20H2,1H3/t30-/m1/s1. The van der Waals surface area contributed by atoms with Crippen molar-refractivity contribution in [2.24, 2.45) is 0 Å². The topological polar surface area (TPSA) is 83.1 Å². The van der Waals surface area contributed by atoms with Gasteiger partial charge in [-0.05, 0) is 78.9 Å². The predicted molar refractivity (Wildman–Crippen MR) is 175 cm³/mol. The molecule has 2 fully saturated rings. The molecule has 1 atom stereocenters. The predicted octanol–water partition coefficient (Wildman–Crippen LogP) is 5.97. The Balaban J connectivity index is 1.24. The summed E-state index contributed by atoms with van der Waals surface area (Å²) in [4.78, 5) is 30.7. The highest BCUT2D eigenvalue weighted by Crippen LogP contribution is 2.35. The molecular formula is C33H36Cl3FN4O4. The summed E-state index contributed by atoms with van der Waals surface area (Å²) in [6.07, 6.45) is 1.79. The van der Waals surface area contributed by atoms with Gasteiger partial charge in [-0.2, -0.15) is 0 Å². The fraction of sp³-hybridized carbons (Fsp3) is 0.394. The molecule has 240 valence electrons. The maximum absolute atomic E-state index is 14.1. The Hall–Kier alpha value is -3.08. The van der Waals surface area contributed by atoms with Gasteiger partial charge in [0.25, 0.3) is 0 Å². The monoisotopic (exact) mass is 676 g/mol. The molecule has 2 aliphatic rings. The molecule has 1 heterocycles. The van der Waals surface area contributed by atoms with Crippen LogP contribution in [0.2, 0.25) is 15.1 Å². The van der Waals surface area contributed by atoms with E-state index in [-0.39, 0.29) is 44.2 Å². The van der Waals surface area contributed by atoms with E-state index in [9.17, 15) is 14.0 Å². The Kier molecular flexibility index (Phi) is 11.4. The van der Waals surface area contributed by atoms with Gasteiger partial charge < -0.3 is 25.0 Å². The average molecular weight is 678 g/mol. The number of nitrogens with one attached hydrogen (secondary N) is 2. The number of hydrogen-bond acceptors (Lipinski definition) is 6. The van der Waals surface area contributed by atoms with Crippen LogP contribution >= 0.6 is 34.8 Å². The van der Waals surface area contributed by atoms with Gasteiger partial charge >= 0.3 is 0 Å².